The second kappa shape index (κ2) is 4.08. The largest absolute Gasteiger partial charge is 0.344 e. The predicted octanol–water partition coefficient (Wildman–Crippen LogP) is 3.21. The Morgan fingerprint density at radius 1 is 1.23 bits per heavy atom. The van der Waals surface area contributed by atoms with Gasteiger partial charge in [0.2, 0.25) is 0 Å². The van der Waals surface area contributed by atoms with Crippen molar-refractivity contribution in [3.63, 3.8) is 0 Å². The van der Waals surface area contributed by atoms with E-state index in [0.29, 0.717) is 0 Å². The first kappa shape index (κ1) is 9.78. The monoisotopic (exact) mass is 176 g/mol. The van der Waals surface area contributed by atoms with Crippen LogP contribution in [0.25, 0.3) is 11.0 Å². The molecular formula is C11H16N2. The molecule has 0 saturated heterocycles. The Balaban J connectivity index is 0.000000396. The average Bonchev–Trinajstić information content (AvgIpc) is 2.51. The molecular weight excluding hydrogens is 160 g/mol. The number of nitrogens with zero attached hydrogens (tertiary/aromatic N) is 1. The van der Waals surface area contributed by atoms with Crippen LogP contribution in [-0.2, 0) is 0 Å². The summed E-state index contributed by atoms with van der Waals surface area (Å²) in [7, 11) is 0. The van der Waals surface area contributed by atoms with E-state index in [1.165, 1.54) is 16.6 Å². The molecule has 0 bridgehead atoms. The molecule has 0 amide bonds. The highest BCUT2D eigenvalue weighted by Crippen LogP contribution is 2.15. The van der Waals surface area contributed by atoms with Gasteiger partial charge in [-0.15, -0.1) is 0 Å². The van der Waals surface area contributed by atoms with Crippen molar-refractivity contribution < 1.29 is 0 Å². The van der Waals surface area contributed by atoms with Crippen molar-refractivity contribution in [1.29, 1.82) is 0 Å². The van der Waals surface area contributed by atoms with E-state index in [2.05, 4.69) is 23.0 Å². The second-order valence-electron chi connectivity index (χ2n) is 2.84. The SMILES string of the molecule is CC.Cc1cc2c(C)ccnc2[nH]1. The van der Waals surface area contributed by atoms with Gasteiger partial charge in [0.25, 0.3) is 0 Å². The van der Waals surface area contributed by atoms with Gasteiger partial charge in [0, 0.05) is 17.3 Å². The first-order chi connectivity index (χ1) is 6.27. The van der Waals surface area contributed by atoms with Gasteiger partial charge in [0.15, 0.2) is 0 Å². The van der Waals surface area contributed by atoms with Crippen molar-refractivity contribution in [2.75, 3.05) is 0 Å². The summed E-state index contributed by atoms with van der Waals surface area (Å²) in [6.07, 6.45) is 1.83. The average molecular weight is 176 g/mol. The summed E-state index contributed by atoms with van der Waals surface area (Å²) in [4.78, 5) is 7.40. The van der Waals surface area contributed by atoms with Gasteiger partial charge in [0.1, 0.15) is 5.65 Å². The molecule has 2 rings (SSSR count). The van der Waals surface area contributed by atoms with Gasteiger partial charge in [-0.05, 0) is 31.5 Å². The van der Waals surface area contributed by atoms with E-state index in [1.807, 2.05) is 33.0 Å². The summed E-state index contributed by atoms with van der Waals surface area (Å²) >= 11 is 0. The molecule has 70 valence electrons. The van der Waals surface area contributed by atoms with Crippen LogP contribution < -0.4 is 0 Å². The van der Waals surface area contributed by atoms with Crippen LogP contribution in [0.4, 0.5) is 0 Å². The lowest BCUT2D eigenvalue weighted by molar-refractivity contribution is 1.24. The van der Waals surface area contributed by atoms with Crippen LogP contribution in [-0.4, -0.2) is 9.97 Å². The summed E-state index contributed by atoms with van der Waals surface area (Å²) in [6, 6.07) is 4.15. The first-order valence-electron chi connectivity index (χ1n) is 4.68. The molecule has 0 aliphatic heterocycles. The van der Waals surface area contributed by atoms with Crippen LogP contribution in [0.3, 0.4) is 0 Å². The molecule has 0 fully saturated rings. The van der Waals surface area contributed by atoms with Gasteiger partial charge in [0.05, 0.1) is 0 Å². The zero-order valence-electron chi connectivity index (χ0n) is 8.68. The Morgan fingerprint density at radius 3 is 2.54 bits per heavy atom. The van der Waals surface area contributed by atoms with Crippen molar-refractivity contribution in [3.05, 3.63) is 29.6 Å². The fourth-order valence-electron chi connectivity index (χ4n) is 1.29. The maximum Gasteiger partial charge on any atom is 0.137 e. The standard InChI is InChI=1S/C9H10N2.C2H6/c1-6-3-4-10-9-8(6)5-7(2)11-9;1-2/h3-5H,1-2H3,(H,10,11);1-2H3. The van der Waals surface area contributed by atoms with E-state index in [0.717, 1.165) is 5.65 Å². The molecule has 0 aromatic carbocycles. The number of hydrogen-bond donors (Lipinski definition) is 1. The highest BCUT2D eigenvalue weighted by atomic mass is 14.8. The number of H-pyrrole nitrogens is 1. The van der Waals surface area contributed by atoms with Gasteiger partial charge in [-0.1, -0.05) is 13.8 Å². The normalized spacial score (nSPS) is 9.54. The van der Waals surface area contributed by atoms with Crippen LogP contribution in [0.2, 0.25) is 0 Å². The summed E-state index contributed by atoms with van der Waals surface area (Å²) in [5, 5.41) is 1.23. The van der Waals surface area contributed by atoms with E-state index < -0.39 is 0 Å². The highest BCUT2D eigenvalue weighted by Gasteiger charge is 1.99. The topological polar surface area (TPSA) is 28.7 Å². The number of hydrogen-bond acceptors (Lipinski definition) is 1. The molecule has 0 saturated carbocycles. The zero-order chi connectivity index (χ0) is 9.84. The maximum absolute atomic E-state index is 4.21. The molecule has 2 heterocycles. The summed E-state index contributed by atoms with van der Waals surface area (Å²) in [5.41, 5.74) is 3.43. The van der Waals surface area contributed by atoms with Crippen LogP contribution >= 0.6 is 0 Å². The minimum atomic E-state index is 0.988. The number of nitrogens with one attached hydrogen (secondary N) is 1. The third-order valence-electron chi connectivity index (χ3n) is 1.88. The summed E-state index contributed by atoms with van der Waals surface area (Å²) in [6.45, 7) is 8.14. The fraction of sp³-hybridized carbons (Fsp3) is 0.364. The summed E-state index contributed by atoms with van der Waals surface area (Å²) < 4.78 is 0. The van der Waals surface area contributed by atoms with Crippen molar-refractivity contribution in [1.82, 2.24) is 9.97 Å². The maximum atomic E-state index is 4.21. The van der Waals surface area contributed by atoms with E-state index >= 15 is 0 Å². The minimum absolute atomic E-state index is 0.988. The highest BCUT2D eigenvalue weighted by molar-refractivity contribution is 5.79. The summed E-state index contributed by atoms with van der Waals surface area (Å²) in [5.74, 6) is 0. The number of aryl methyl sites for hydroxylation is 2. The Kier molecular flexibility index (Phi) is 3.07. The number of aromatic amines is 1. The Labute approximate surface area is 79.0 Å². The minimum Gasteiger partial charge on any atom is -0.344 e. The van der Waals surface area contributed by atoms with Crippen molar-refractivity contribution >= 4 is 11.0 Å². The Morgan fingerprint density at radius 2 is 1.92 bits per heavy atom. The number of rotatable bonds is 0. The van der Waals surface area contributed by atoms with Crippen molar-refractivity contribution in [2.45, 2.75) is 27.7 Å². The molecule has 0 aliphatic rings. The van der Waals surface area contributed by atoms with Gasteiger partial charge in [-0.2, -0.15) is 0 Å². The third kappa shape index (κ3) is 1.89. The molecule has 1 N–H and O–H groups in total. The molecule has 0 radical (unpaired) electrons. The quantitative estimate of drug-likeness (QED) is 0.656. The Hall–Kier alpha value is -1.31. The first-order valence-corrected chi connectivity index (χ1v) is 4.68. The number of aromatic nitrogens is 2. The molecule has 2 aromatic heterocycles. The van der Waals surface area contributed by atoms with Crippen LogP contribution in [0.15, 0.2) is 18.3 Å². The van der Waals surface area contributed by atoms with Crippen LogP contribution in [0.1, 0.15) is 25.1 Å². The van der Waals surface area contributed by atoms with Crippen molar-refractivity contribution in [3.8, 4) is 0 Å². The molecule has 0 aliphatic carbocycles. The molecule has 0 unspecified atom stereocenters. The molecule has 2 aromatic rings. The number of fused-ring (bicyclic) bond motifs is 1. The molecule has 0 atom stereocenters. The smallest absolute Gasteiger partial charge is 0.137 e. The van der Waals surface area contributed by atoms with Gasteiger partial charge < -0.3 is 4.98 Å². The molecule has 2 nitrogen and oxygen atoms in total. The molecule has 0 spiro atoms. The molecule has 13 heavy (non-hydrogen) atoms. The lowest BCUT2D eigenvalue weighted by atomic mass is 10.2. The van der Waals surface area contributed by atoms with Crippen LogP contribution in [0, 0.1) is 13.8 Å². The van der Waals surface area contributed by atoms with Gasteiger partial charge >= 0.3 is 0 Å². The van der Waals surface area contributed by atoms with Crippen LogP contribution in [0.5, 0.6) is 0 Å². The second-order valence-corrected chi connectivity index (χ2v) is 2.84. The lowest BCUT2D eigenvalue weighted by Crippen LogP contribution is -1.77. The zero-order valence-corrected chi connectivity index (χ0v) is 8.68. The van der Waals surface area contributed by atoms with E-state index in [1.54, 1.807) is 0 Å². The number of pyridine rings is 1. The fourth-order valence-corrected chi connectivity index (χ4v) is 1.29. The predicted molar refractivity (Wildman–Crippen MR) is 56.9 cm³/mol. The van der Waals surface area contributed by atoms with Gasteiger partial charge in [-0.3, -0.25) is 0 Å². The van der Waals surface area contributed by atoms with Crippen molar-refractivity contribution in [2.24, 2.45) is 0 Å². The van der Waals surface area contributed by atoms with E-state index in [9.17, 15) is 0 Å². The van der Waals surface area contributed by atoms with E-state index in [-0.39, 0.29) is 0 Å². The third-order valence-corrected chi connectivity index (χ3v) is 1.88. The molecule has 2 heteroatoms. The lowest BCUT2D eigenvalue weighted by Gasteiger charge is -1.91. The Bertz CT molecular complexity index is 388. The van der Waals surface area contributed by atoms with Gasteiger partial charge in [-0.25, -0.2) is 4.98 Å². The van der Waals surface area contributed by atoms with E-state index in [4.69, 9.17) is 0 Å².